The molecule has 2 nitrogen and oxygen atoms in total. The molecule has 3 rings (SSSR count). The number of halogens is 1. The molecule has 1 saturated heterocycles. The number of rotatable bonds is 4. The molecule has 1 heterocycles. The van der Waals surface area contributed by atoms with Crippen LogP contribution < -0.4 is 5.73 Å². The van der Waals surface area contributed by atoms with Gasteiger partial charge in [0.2, 0.25) is 0 Å². The third-order valence-electron chi connectivity index (χ3n) is 4.53. The second kappa shape index (κ2) is 5.20. The van der Waals surface area contributed by atoms with E-state index in [4.69, 9.17) is 17.3 Å². The molecule has 98 valence electrons. The van der Waals surface area contributed by atoms with Gasteiger partial charge < -0.3 is 10.6 Å². The Morgan fingerprint density at radius 2 is 2.28 bits per heavy atom. The van der Waals surface area contributed by atoms with Gasteiger partial charge in [0.15, 0.2) is 0 Å². The third kappa shape index (κ3) is 2.56. The van der Waals surface area contributed by atoms with E-state index < -0.39 is 0 Å². The van der Waals surface area contributed by atoms with Crippen LogP contribution in [0.2, 0.25) is 5.02 Å². The summed E-state index contributed by atoms with van der Waals surface area (Å²) < 4.78 is 0. The zero-order chi connectivity index (χ0) is 12.5. The summed E-state index contributed by atoms with van der Waals surface area (Å²) in [6.45, 7) is 2.43. The van der Waals surface area contributed by atoms with Gasteiger partial charge in [0.25, 0.3) is 0 Å². The van der Waals surface area contributed by atoms with Gasteiger partial charge in [-0.15, -0.1) is 0 Å². The standard InChI is InChI=1S/C15H21ClN2/c16-13-3-1-2-12(9-13)15(17)6-7-18-10-11-4-5-14(18)8-11/h1-3,9,11,14-15H,4-8,10,17H2. The average Bonchev–Trinajstić information content (AvgIpc) is 2.98. The maximum atomic E-state index is 6.25. The molecule has 1 aliphatic carbocycles. The second-order valence-corrected chi connectivity index (χ2v) is 6.21. The van der Waals surface area contributed by atoms with Crippen LogP contribution in [0.25, 0.3) is 0 Å². The van der Waals surface area contributed by atoms with E-state index in [1.807, 2.05) is 18.2 Å². The molecule has 1 saturated carbocycles. The first kappa shape index (κ1) is 12.5. The summed E-state index contributed by atoms with van der Waals surface area (Å²) in [4.78, 5) is 2.64. The predicted octanol–water partition coefficient (Wildman–Crippen LogP) is 3.21. The molecule has 0 spiro atoms. The van der Waals surface area contributed by atoms with Crippen molar-refractivity contribution < 1.29 is 0 Å². The van der Waals surface area contributed by atoms with Crippen molar-refractivity contribution in [2.24, 2.45) is 11.7 Å². The molecule has 2 N–H and O–H groups in total. The molecule has 0 aromatic heterocycles. The Bertz CT molecular complexity index is 421. The minimum absolute atomic E-state index is 0.114. The Kier molecular flexibility index (Phi) is 3.60. The van der Waals surface area contributed by atoms with Gasteiger partial charge in [0.05, 0.1) is 0 Å². The Balaban J connectivity index is 1.54. The number of fused-ring (bicyclic) bond motifs is 2. The van der Waals surface area contributed by atoms with E-state index in [0.717, 1.165) is 35.5 Å². The Morgan fingerprint density at radius 1 is 1.39 bits per heavy atom. The van der Waals surface area contributed by atoms with Crippen LogP contribution in [0.1, 0.15) is 37.3 Å². The highest BCUT2D eigenvalue weighted by Crippen LogP contribution is 2.37. The van der Waals surface area contributed by atoms with Crippen LogP contribution in [-0.2, 0) is 0 Å². The summed E-state index contributed by atoms with van der Waals surface area (Å²) in [5.41, 5.74) is 7.41. The van der Waals surface area contributed by atoms with Crippen LogP contribution in [0.5, 0.6) is 0 Å². The molecular formula is C15H21ClN2. The average molecular weight is 265 g/mol. The Labute approximate surface area is 114 Å². The molecule has 3 atom stereocenters. The lowest BCUT2D eigenvalue weighted by atomic mass is 10.0. The molecule has 2 aliphatic rings. The van der Waals surface area contributed by atoms with E-state index in [2.05, 4.69) is 11.0 Å². The fourth-order valence-corrected chi connectivity index (χ4v) is 3.71. The number of benzene rings is 1. The van der Waals surface area contributed by atoms with Crippen molar-refractivity contribution in [1.29, 1.82) is 0 Å². The fourth-order valence-electron chi connectivity index (χ4n) is 3.51. The van der Waals surface area contributed by atoms with Crippen LogP contribution in [0.15, 0.2) is 24.3 Å². The van der Waals surface area contributed by atoms with E-state index in [1.54, 1.807) is 0 Å². The maximum absolute atomic E-state index is 6.25. The van der Waals surface area contributed by atoms with Gasteiger partial charge in [-0.2, -0.15) is 0 Å². The highest BCUT2D eigenvalue weighted by molar-refractivity contribution is 6.30. The van der Waals surface area contributed by atoms with Gasteiger partial charge in [-0.1, -0.05) is 23.7 Å². The molecule has 0 radical (unpaired) electrons. The van der Waals surface area contributed by atoms with Crippen LogP contribution in [0, 0.1) is 5.92 Å². The summed E-state index contributed by atoms with van der Waals surface area (Å²) >= 11 is 6.00. The van der Waals surface area contributed by atoms with Crippen LogP contribution in [-0.4, -0.2) is 24.0 Å². The Morgan fingerprint density at radius 3 is 2.94 bits per heavy atom. The first-order chi connectivity index (χ1) is 8.72. The van der Waals surface area contributed by atoms with Gasteiger partial charge >= 0.3 is 0 Å². The van der Waals surface area contributed by atoms with E-state index >= 15 is 0 Å². The summed E-state index contributed by atoms with van der Waals surface area (Å²) in [6.07, 6.45) is 5.30. The van der Waals surface area contributed by atoms with E-state index in [1.165, 1.54) is 25.8 Å². The molecule has 2 bridgehead atoms. The Hall–Kier alpha value is -0.570. The normalized spacial score (nSPS) is 28.8. The first-order valence-corrected chi connectivity index (χ1v) is 7.35. The monoisotopic (exact) mass is 264 g/mol. The summed E-state index contributed by atoms with van der Waals surface area (Å²) in [5, 5.41) is 0.781. The topological polar surface area (TPSA) is 29.3 Å². The molecule has 1 aromatic rings. The summed E-state index contributed by atoms with van der Waals surface area (Å²) in [6, 6.07) is 8.91. The van der Waals surface area contributed by atoms with Crippen molar-refractivity contribution in [2.45, 2.75) is 37.8 Å². The highest BCUT2D eigenvalue weighted by atomic mass is 35.5. The van der Waals surface area contributed by atoms with Crippen LogP contribution in [0.4, 0.5) is 0 Å². The fraction of sp³-hybridized carbons (Fsp3) is 0.600. The van der Waals surface area contributed by atoms with Crippen molar-refractivity contribution in [3.8, 4) is 0 Å². The van der Waals surface area contributed by atoms with E-state index in [9.17, 15) is 0 Å². The smallest absolute Gasteiger partial charge is 0.0409 e. The van der Waals surface area contributed by atoms with Crippen molar-refractivity contribution >= 4 is 11.6 Å². The molecular weight excluding hydrogens is 244 g/mol. The number of likely N-dealkylation sites (tertiary alicyclic amines) is 1. The molecule has 18 heavy (non-hydrogen) atoms. The van der Waals surface area contributed by atoms with Gasteiger partial charge in [-0.25, -0.2) is 0 Å². The van der Waals surface area contributed by atoms with Crippen molar-refractivity contribution in [1.82, 2.24) is 4.90 Å². The molecule has 0 amide bonds. The highest BCUT2D eigenvalue weighted by Gasteiger charge is 2.37. The SMILES string of the molecule is NC(CCN1CC2CCC1C2)c1cccc(Cl)c1. The number of hydrogen-bond donors (Lipinski definition) is 1. The predicted molar refractivity (Wildman–Crippen MR) is 75.7 cm³/mol. The zero-order valence-electron chi connectivity index (χ0n) is 10.7. The minimum Gasteiger partial charge on any atom is -0.324 e. The first-order valence-electron chi connectivity index (χ1n) is 6.97. The number of piperidine rings is 1. The number of nitrogens with zero attached hydrogens (tertiary/aromatic N) is 1. The van der Waals surface area contributed by atoms with Crippen LogP contribution in [0.3, 0.4) is 0 Å². The van der Waals surface area contributed by atoms with Crippen molar-refractivity contribution in [2.75, 3.05) is 13.1 Å². The van der Waals surface area contributed by atoms with Gasteiger partial charge in [0.1, 0.15) is 0 Å². The largest absolute Gasteiger partial charge is 0.324 e. The minimum atomic E-state index is 0.114. The second-order valence-electron chi connectivity index (χ2n) is 5.78. The molecule has 2 fully saturated rings. The molecule has 3 unspecified atom stereocenters. The summed E-state index contributed by atoms with van der Waals surface area (Å²) in [5.74, 6) is 0.970. The number of nitrogens with two attached hydrogens (primary N) is 1. The van der Waals surface area contributed by atoms with E-state index in [0.29, 0.717) is 0 Å². The molecule has 1 aromatic carbocycles. The lowest BCUT2D eigenvalue weighted by Crippen LogP contribution is -2.34. The van der Waals surface area contributed by atoms with Crippen LogP contribution >= 0.6 is 11.6 Å². The lowest BCUT2D eigenvalue weighted by Gasteiger charge is -2.27. The van der Waals surface area contributed by atoms with Crippen molar-refractivity contribution in [3.05, 3.63) is 34.9 Å². The van der Waals surface area contributed by atoms with Gasteiger partial charge in [0, 0.05) is 30.2 Å². The molecule has 1 aliphatic heterocycles. The molecule has 3 heteroatoms. The van der Waals surface area contributed by atoms with E-state index in [-0.39, 0.29) is 6.04 Å². The third-order valence-corrected chi connectivity index (χ3v) is 4.76. The van der Waals surface area contributed by atoms with Gasteiger partial charge in [-0.05, 0) is 49.3 Å². The van der Waals surface area contributed by atoms with Crippen molar-refractivity contribution in [3.63, 3.8) is 0 Å². The lowest BCUT2D eigenvalue weighted by molar-refractivity contribution is 0.206. The summed E-state index contributed by atoms with van der Waals surface area (Å²) in [7, 11) is 0. The quantitative estimate of drug-likeness (QED) is 0.905. The zero-order valence-corrected chi connectivity index (χ0v) is 11.4. The number of hydrogen-bond acceptors (Lipinski definition) is 2. The van der Waals surface area contributed by atoms with Gasteiger partial charge in [-0.3, -0.25) is 0 Å². The maximum Gasteiger partial charge on any atom is 0.0409 e.